The van der Waals surface area contributed by atoms with E-state index in [9.17, 15) is 8.42 Å². The monoisotopic (exact) mass is 434 g/mol. The van der Waals surface area contributed by atoms with Crippen molar-refractivity contribution in [2.24, 2.45) is 0 Å². The summed E-state index contributed by atoms with van der Waals surface area (Å²) in [5.41, 5.74) is 3.43. The lowest BCUT2D eigenvalue weighted by atomic mass is 10.0. The van der Waals surface area contributed by atoms with Crippen LogP contribution in [0.15, 0.2) is 42.5 Å². The number of aryl methyl sites for hydroxylation is 1. The summed E-state index contributed by atoms with van der Waals surface area (Å²) in [6.45, 7) is 2.09. The zero-order chi connectivity index (χ0) is 19.7. The number of halogens is 1. The number of rotatable bonds is 6. The van der Waals surface area contributed by atoms with Gasteiger partial charge in [-0.2, -0.15) is 0 Å². The molecule has 3 aromatic rings. The van der Waals surface area contributed by atoms with E-state index in [0.29, 0.717) is 13.0 Å². The van der Waals surface area contributed by atoms with Gasteiger partial charge in [0.1, 0.15) is 0 Å². The van der Waals surface area contributed by atoms with Gasteiger partial charge >= 0.3 is 0 Å². The fourth-order valence-corrected chi connectivity index (χ4v) is 6.24. The van der Waals surface area contributed by atoms with Crippen molar-refractivity contribution in [1.82, 2.24) is 9.62 Å². The highest BCUT2D eigenvalue weighted by molar-refractivity contribution is 7.89. The van der Waals surface area contributed by atoms with Gasteiger partial charge in [0.05, 0.1) is 5.75 Å². The van der Waals surface area contributed by atoms with Crippen LogP contribution in [-0.2, 0) is 36.0 Å². The fourth-order valence-electron chi connectivity index (χ4n) is 3.70. The number of nitrogens with one attached hydrogen (secondary N) is 1. The van der Waals surface area contributed by atoms with Gasteiger partial charge in [0, 0.05) is 39.6 Å². The average Bonchev–Trinajstić information content (AvgIpc) is 2.92. The Morgan fingerprint density at radius 1 is 1.14 bits per heavy atom. The van der Waals surface area contributed by atoms with Crippen molar-refractivity contribution in [3.8, 4) is 0 Å². The SMILES string of the molecule is CN1CCc2c(Cl)ccc3sc(CNS(=O)(=O)CCc4ccccc4)c(c23)C1. The molecule has 2 heterocycles. The highest BCUT2D eigenvalue weighted by Gasteiger charge is 2.22. The lowest BCUT2D eigenvalue weighted by molar-refractivity contribution is 0.336. The molecule has 4 nitrogen and oxygen atoms in total. The molecule has 0 fully saturated rings. The molecule has 0 aliphatic carbocycles. The zero-order valence-corrected chi connectivity index (χ0v) is 18.1. The van der Waals surface area contributed by atoms with Gasteiger partial charge in [0.25, 0.3) is 0 Å². The third-order valence-corrected chi connectivity index (χ3v) is 8.09. The molecule has 1 aromatic heterocycles. The molecule has 0 unspecified atom stereocenters. The molecule has 28 heavy (non-hydrogen) atoms. The highest BCUT2D eigenvalue weighted by Crippen LogP contribution is 2.39. The topological polar surface area (TPSA) is 49.4 Å². The van der Waals surface area contributed by atoms with E-state index in [2.05, 4.69) is 16.7 Å². The molecule has 4 rings (SSSR count). The van der Waals surface area contributed by atoms with Crippen LogP contribution in [0.25, 0.3) is 10.1 Å². The first-order valence-corrected chi connectivity index (χ1v) is 12.2. The largest absolute Gasteiger partial charge is 0.302 e. The third kappa shape index (κ3) is 4.26. The van der Waals surface area contributed by atoms with E-state index in [1.54, 1.807) is 11.3 Å². The predicted molar refractivity (Wildman–Crippen MR) is 118 cm³/mol. The molecule has 1 aliphatic rings. The fraction of sp³-hybridized carbons (Fsp3) is 0.333. The first-order valence-electron chi connectivity index (χ1n) is 9.34. The van der Waals surface area contributed by atoms with Crippen LogP contribution in [0, 0.1) is 0 Å². The van der Waals surface area contributed by atoms with E-state index in [-0.39, 0.29) is 5.75 Å². The van der Waals surface area contributed by atoms with Gasteiger partial charge in [-0.15, -0.1) is 11.3 Å². The summed E-state index contributed by atoms with van der Waals surface area (Å²) in [4.78, 5) is 3.35. The third-order valence-electron chi connectivity index (χ3n) is 5.22. The Bertz CT molecular complexity index is 1090. The van der Waals surface area contributed by atoms with Crippen molar-refractivity contribution in [1.29, 1.82) is 0 Å². The van der Waals surface area contributed by atoms with Crippen molar-refractivity contribution >= 4 is 43.0 Å². The minimum atomic E-state index is -3.35. The van der Waals surface area contributed by atoms with Gasteiger partial charge in [-0.05, 0) is 48.7 Å². The summed E-state index contributed by atoms with van der Waals surface area (Å²) >= 11 is 8.13. The Balaban J connectivity index is 1.55. The molecule has 7 heteroatoms. The van der Waals surface area contributed by atoms with Crippen LogP contribution in [0.2, 0.25) is 5.02 Å². The van der Waals surface area contributed by atoms with E-state index >= 15 is 0 Å². The van der Waals surface area contributed by atoms with E-state index in [1.165, 1.54) is 21.2 Å². The minimum absolute atomic E-state index is 0.0915. The summed E-state index contributed by atoms with van der Waals surface area (Å²) < 4.78 is 29.0. The molecule has 0 spiro atoms. The standard InChI is InChI=1S/C21H23ClN2O2S2/c1-24-11-9-16-18(22)7-8-19-21(16)17(14-24)20(27-19)13-23-28(25,26)12-10-15-5-3-2-4-6-15/h2-8,23H,9-14H2,1H3. The molecular formula is C21H23ClN2O2S2. The number of benzene rings is 2. The molecule has 0 bridgehead atoms. The molecule has 0 saturated carbocycles. The Hall–Kier alpha value is -1.44. The Morgan fingerprint density at radius 2 is 1.93 bits per heavy atom. The van der Waals surface area contributed by atoms with Crippen LogP contribution in [0.4, 0.5) is 0 Å². The molecule has 148 valence electrons. The van der Waals surface area contributed by atoms with Crippen molar-refractivity contribution < 1.29 is 8.42 Å². The molecule has 0 radical (unpaired) electrons. The predicted octanol–water partition coefficient (Wildman–Crippen LogP) is 4.20. The lowest BCUT2D eigenvalue weighted by Crippen LogP contribution is -2.27. The second kappa shape index (κ2) is 8.13. The average molecular weight is 435 g/mol. The lowest BCUT2D eigenvalue weighted by Gasteiger charge is -2.14. The highest BCUT2D eigenvalue weighted by atomic mass is 35.5. The molecule has 1 aliphatic heterocycles. The Morgan fingerprint density at radius 3 is 2.71 bits per heavy atom. The summed E-state index contributed by atoms with van der Waals surface area (Å²) in [5.74, 6) is 0.0915. The van der Waals surface area contributed by atoms with E-state index < -0.39 is 10.0 Å². The Kier molecular flexibility index (Phi) is 5.76. The maximum absolute atomic E-state index is 12.5. The van der Waals surface area contributed by atoms with Gasteiger partial charge in [0.15, 0.2) is 0 Å². The molecule has 0 saturated heterocycles. The van der Waals surface area contributed by atoms with Crippen LogP contribution in [-0.4, -0.2) is 32.7 Å². The van der Waals surface area contributed by atoms with Gasteiger partial charge in [0.2, 0.25) is 10.0 Å². The molecular weight excluding hydrogens is 412 g/mol. The summed E-state index contributed by atoms with van der Waals surface area (Å²) in [5, 5.41) is 2.03. The van der Waals surface area contributed by atoms with Gasteiger partial charge in [-0.1, -0.05) is 41.9 Å². The summed E-state index contributed by atoms with van der Waals surface area (Å²) in [7, 11) is -1.25. The maximum atomic E-state index is 12.5. The second-order valence-corrected chi connectivity index (χ2v) is 10.7. The number of hydrogen-bond donors (Lipinski definition) is 1. The van der Waals surface area contributed by atoms with E-state index in [0.717, 1.165) is 35.0 Å². The van der Waals surface area contributed by atoms with E-state index in [4.69, 9.17) is 11.6 Å². The first-order chi connectivity index (χ1) is 13.4. The number of hydrogen-bond acceptors (Lipinski definition) is 4. The van der Waals surface area contributed by atoms with Crippen LogP contribution < -0.4 is 4.72 Å². The smallest absolute Gasteiger partial charge is 0.212 e. The zero-order valence-electron chi connectivity index (χ0n) is 15.7. The number of likely N-dealkylation sites (N-methyl/N-ethyl adjacent to an activating group) is 1. The first kappa shape index (κ1) is 19.9. The van der Waals surface area contributed by atoms with Crippen molar-refractivity contribution in [3.05, 3.63) is 69.1 Å². The van der Waals surface area contributed by atoms with Gasteiger partial charge in [-0.25, -0.2) is 13.1 Å². The summed E-state index contributed by atoms with van der Waals surface area (Å²) in [6, 6.07) is 13.7. The minimum Gasteiger partial charge on any atom is -0.302 e. The van der Waals surface area contributed by atoms with E-state index in [1.807, 2.05) is 42.5 Å². The number of sulfonamides is 1. The Labute approximate surface area is 175 Å². The molecule has 0 amide bonds. The quantitative estimate of drug-likeness (QED) is 0.632. The molecule has 1 N–H and O–H groups in total. The molecule has 0 atom stereocenters. The summed E-state index contributed by atoms with van der Waals surface area (Å²) in [6.07, 6.45) is 1.43. The van der Waals surface area contributed by atoms with Crippen LogP contribution in [0.3, 0.4) is 0 Å². The maximum Gasteiger partial charge on any atom is 0.212 e. The van der Waals surface area contributed by atoms with Crippen LogP contribution in [0.5, 0.6) is 0 Å². The van der Waals surface area contributed by atoms with Crippen molar-refractivity contribution in [3.63, 3.8) is 0 Å². The van der Waals surface area contributed by atoms with Gasteiger partial charge in [-0.3, -0.25) is 0 Å². The normalized spacial score (nSPS) is 15.1. The van der Waals surface area contributed by atoms with Crippen LogP contribution in [0.1, 0.15) is 21.6 Å². The number of thiophene rings is 1. The van der Waals surface area contributed by atoms with Crippen molar-refractivity contribution in [2.45, 2.75) is 25.9 Å². The van der Waals surface area contributed by atoms with Gasteiger partial charge < -0.3 is 4.90 Å². The van der Waals surface area contributed by atoms with Crippen molar-refractivity contribution in [2.75, 3.05) is 19.3 Å². The molecule has 2 aromatic carbocycles. The number of nitrogens with zero attached hydrogens (tertiary/aromatic N) is 1. The second-order valence-electron chi connectivity index (χ2n) is 7.27. The van der Waals surface area contributed by atoms with Crippen LogP contribution >= 0.6 is 22.9 Å².